The van der Waals surface area contributed by atoms with Gasteiger partial charge >= 0.3 is 13.9 Å². The summed E-state index contributed by atoms with van der Waals surface area (Å²) in [5.41, 5.74) is 3.82. The van der Waals surface area contributed by atoms with Gasteiger partial charge in [0.25, 0.3) is 0 Å². The number of nitrogens with zero attached hydrogens (tertiary/aromatic N) is 5. The van der Waals surface area contributed by atoms with Crippen molar-refractivity contribution >= 4 is 25.5 Å². The standard InChI is InChI=1S/C21H21N6O7P/c1-12(28)22-9-19-18-7-15-6-13(2-4-17(15)27(18)21(29)34-19)14-3-5-20(23-8-14)26-10-16(24-25-26)11-33-35(30,31)32/h2-6,8,10,18-19H,7,9,11H2,1H3,(H,22,28)(H2,30,31,32)/t18-,19-/m0/s1. The van der Waals surface area contributed by atoms with E-state index in [1.807, 2.05) is 24.3 Å². The summed E-state index contributed by atoms with van der Waals surface area (Å²) in [6, 6.07) is 9.23. The maximum Gasteiger partial charge on any atom is 0.469 e. The Morgan fingerprint density at radius 1 is 1.29 bits per heavy atom. The van der Waals surface area contributed by atoms with E-state index in [9.17, 15) is 14.2 Å². The zero-order valence-electron chi connectivity index (χ0n) is 18.4. The average Bonchev–Trinajstić information content (AvgIpc) is 3.51. The fraction of sp³-hybridized carbons (Fsp3) is 0.286. The van der Waals surface area contributed by atoms with E-state index in [-0.39, 0.29) is 30.8 Å². The number of rotatable bonds is 7. The van der Waals surface area contributed by atoms with E-state index in [0.717, 1.165) is 22.4 Å². The monoisotopic (exact) mass is 500 g/mol. The summed E-state index contributed by atoms with van der Waals surface area (Å²) < 4.78 is 22.1. The fourth-order valence-electron chi connectivity index (χ4n) is 4.20. The molecular weight excluding hydrogens is 479 g/mol. The van der Waals surface area contributed by atoms with Gasteiger partial charge in [0.05, 0.1) is 24.5 Å². The molecule has 2 amide bonds. The van der Waals surface area contributed by atoms with E-state index in [1.165, 1.54) is 17.8 Å². The molecule has 2 aliphatic rings. The molecule has 14 heteroatoms. The topological polar surface area (TPSA) is 169 Å². The predicted octanol–water partition coefficient (Wildman–Crippen LogP) is 1.32. The summed E-state index contributed by atoms with van der Waals surface area (Å²) in [4.78, 5) is 47.3. The van der Waals surface area contributed by atoms with Gasteiger partial charge in [-0.1, -0.05) is 11.3 Å². The molecule has 0 bridgehead atoms. The van der Waals surface area contributed by atoms with Crippen molar-refractivity contribution in [2.24, 2.45) is 0 Å². The molecule has 0 aliphatic carbocycles. The maximum atomic E-state index is 12.4. The lowest BCUT2D eigenvalue weighted by Gasteiger charge is -2.16. The molecule has 5 rings (SSSR count). The minimum atomic E-state index is -4.60. The number of ether oxygens (including phenoxy) is 1. The number of pyridine rings is 1. The van der Waals surface area contributed by atoms with Gasteiger partial charge in [-0.3, -0.25) is 14.2 Å². The first-order valence-corrected chi connectivity index (χ1v) is 12.2. The van der Waals surface area contributed by atoms with Crippen molar-refractivity contribution in [2.45, 2.75) is 32.1 Å². The first-order valence-electron chi connectivity index (χ1n) is 10.6. The molecule has 182 valence electrons. The van der Waals surface area contributed by atoms with Crippen LogP contribution in [0.4, 0.5) is 10.5 Å². The average molecular weight is 500 g/mol. The number of phosphoric ester groups is 1. The van der Waals surface area contributed by atoms with Gasteiger partial charge in [-0.2, -0.15) is 0 Å². The van der Waals surface area contributed by atoms with Gasteiger partial charge in [0, 0.05) is 18.7 Å². The molecule has 1 fully saturated rings. The Labute approximate surface area is 198 Å². The van der Waals surface area contributed by atoms with E-state index < -0.39 is 20.0 Å². The largest absolute Gasteiger partial charge is 0.469 e. The van der Waals surface area contributed by atoms with Crippen LogP contribution in [0, 0.1) is 0 Å². The molecule has 2 aliphatic heterocycles. The molecule has 35 heavy (non-hydrogen) atoms. The minimum absolute atomic E-state index is 0.170. The first kappa shape index (κ1) is 23.1. The highest BCUT2D eigenvalue weighted by molar-refractivity contribution is 7.46. The SMILES string of the molecule is CC(=O)NC[C@@H]1OC(=O)N2c3ccc(-c4ccc(-n5cc(COP(=O)(O)O)nn5)nc4)cc3C[C@@H]12. The second-order valence-corrected chi connectivity index (χ2v) is 9.41. The number of fused-ring (bicyclic) bond motifs is 3. The summed E-state index contributed by atoms with van der Waals surface area (Å²) in [6.07, 6.45) is 2.93. The molecule has 0 spiro atoms. The number of hydrogen-bond donors (Lipinski definition) is 3. The number of carbonyl (C=O) groups is 2. The second kappa shape index (κ2) is 8.86. The lowest BCUT2D eigenvalue weighted by atomic mass is 10.0. The Bertz CT molecular complexity index is 1340. The summed E-state index contributed by atoms with van der Waals surface area (Å²) in [7, 11) is -4.60. The Kier molecular flexibility index (Phi) is 5.85. The molecule has 13 nitrogen and oxygen atoms in total. The van der Waals surface area contributed by atoms with Crippen LogP contribution >= 0.6 is 7.82 Å². The van der Waals surface area contributed by atoms with Crippen LogP contribution < -0.4 is 10.2 Å². The lowest BCUT2D eigenvalue weighted by Crippen LogP contribution is -2.40. The smallest absolute Gasteiger partial charge is 0.442 e. The minimum Gasteiger partial charge on any atom is -0.442 e. The summed E-state index contributed by atoms with van der Waals surface area (Å²) in [5, 5.41) is 10.4. The quantitative estimate of drug-likeness (QED) is 0.402. The number of cyclic esters (lactones) is 1. The number of carbonyl (C=O) groups excluding carboxylic acids is 2. The Hall–Kier alpha value is -3.64. The van der Waals surface area contributed by atoms with Crippen LogP contribution in [0.25, 0.3) is 16.9 Å². The van der Waals surface area contributed by atoms with E-state index in [4.69, 9.17) is 14.5 Å². The van der Waals surface area contributed by atoms with Gasteiger partial charge in [-0.05, 0) is 41.8 Å². The molecule has 4 heterocycles. The number of phosphoric acid groups is 1. The highest BCUT2D eigenvalue weighted by Crippen LogP contribution is 2.40. The van der Waals surface area contributed by atoms with Gasteiger partial charge in [-0.25, -0.2) is 19.0 Å². The van der Waals surface area contributed by atoms with Gasteiger partial charge in [0.2, 0.25) is 5.91 Å². The number of nitrogens with one attached hydrogen (secondary N) is 1. The Morgan fingerprint density at radius 3 is 2.80 bits per heavy atom. The molecular formula is C21H21N6O7P. The van der Waals surface area contributed by atoms with Crippen LogP contribution in [-0.4, -0.2) is 60.5 Å². The zero-order chi connectivity index (χ0) is 24.7. The summed E-state index contributed by atoms with van der Waals surface area (Å²) in [5.74, 6) is 0.291. The van der Waals surface area contributed by atoms with Crippen molar-refractivity contribution in [2.75, 3.05) is 11.4 Å². The summed E-state index contributed by atoms with van der Waals surface area (Å²) in [6.45, 7) is 1.31. The molecule has 2 aromatic heterocycles. The number of benzene rings is 1. The maximum absolute atomic E-state index is 12.4. The molecule has 3 aromatic rings. The van der Waals surface area contributed by atoms with Crippen molar-refractivity contribution in [3.63, 3.8) is 0 Å². The van der Waals surface area contributed by atoms with Crippen molar-refractivity contribution < 1.29 is 33.2 Å². The number of amides is 2. The Morgan fingerprint density at radius 2 is 2.09 bits per heavy atom. The fourth-order valence-corrected chi connectivity index (χ4v) is 4.50. The second-order valence-electron chi connectivity index (χ2n) is 8.17. The molecule has 1 saturated heterocycles. The van der Waals surface area contributed by atoms with E-state index in [1.54, 1.807) is 17.2 Å². The van der Waals surface area contributed by atoms with Crippen molar-refractivity contribution in [1.82, 2.24) is 25.3 Å². The van der Waals surface area contributed by atoms with Gasteiger partial charge in [-0.15, -0.1) is 5.10 Å². The van der Waals surface area contributed by atoms with Crippen LogP contribution in [0.2, 0.25) is 0 Å². The third kappa shape index (κ3) is 4.80. The zero-order valence-corrected chi connectivity index (χ0v) is 19.3. The summed E-state index contributed by atoms with van der Waals surface area (Å²) >= 11 is 0. The van der Waals surface area contributed by atoms with Crippen LogP contribution in [0.15, 0.2) is 42.7 Å². The number of anilines is 1. The van der Waals surface area contributed by atoms with Crippen LogP contribution in [0.1, 0.15) is 18.2 Å². The molecule has 0 unspecified atom stereocenters. The molecule has 3 N–H and O–H groups in total. The van der Waals surface area contributed by atoms with Crippen LogP contribution in [-0.2, 0) is 31.6 Å². The van der Waals surface area contributed by atoms with Crippen molar-refractivity contribution in [3.8, 4) is 16.9 Å². The number of aromatic nitrogens is 4. The van der Waals surface area contributed by atoms with Crippen molar-refractivity contribution in [1.29, 1.82) is 0 Å². The van der Waals surface area contributed by atoms with Gasteiger partial charge in [0.1, 0.15) is 18.4 Å². The third-order valence-corrected chi connectivity index (χ3v) is 6.23. The van der Waals surface area contributed by atoms with Crippen molar-refractivity contribution in [3.05, 3.63) is 54.0 Å². The lowest BCUT2D eigenvalue weighted by molar-refractivity contribution is -0.119. The molecule has 0 saturated carbocycles. The number of hydrogen-bond acceptors (Lipinski definition) is 8. The van der Waals surface area contributed by atoms with Crippen LogP contribution in [0.5, 0.6) is 0 Å². The first-order chi connectivity index (χ1) is 16.7. The predicted molar refractivity (Wildman–Crippen MR) is 120 cm³/mol. The highest BCUT2D eigenvalue weighted by Gasteiger charge is 2.47. The van der Waals surface area contributed by atoms with E-state index in [2.05, 4.69) is 25.1 Å². The molecule has 0 radical (unpaired) electrons. The molecule has 1 aromatic carbocycles. The van der Waals surface area contributed by atoms with Crippen LogP contribution in [0.3, 0.4) is 0 Å². The normalized spacial score (nSPS) is 18.8. The highest BCUT2D eigenvalue weighted by atomic mass is 31.2. The molecule has 2 atom stereocenters. The van der Waals surface area contributed by atoms with E-state index in [0.29, 0.717) is 12.2 Å². The third-order valence-electron chi connectivity index (χ3n) is 5.77. The van der Waals surface area contributed by atoms with Gasteiger partial charge in [0.15, 0.2) is 5.82 Å². The van der Waals surface area contributed by atoms with Gasteiger partial charge < -0.3 is 19.8 Å². The van der Waals surface area contributed by atoms with E-state index >= 15 is 0 Å². The Balaban J connectivity index is 1.31.